The first-order valence-corrected chi connectivity index (χ1v) is 12.2. The van der Waals surface area contributed by atoms with Crippen LogP contribution in [0.1, 0.15) is 71.1 Å². The Morgan fingerprint density at radius 2 is 1.89 bits per heavy atom. The van der Waals surface area contributed by atoms with Crippen LogP contribution in [0.2, 0.25) is 0 Å². The summed E-state index contributed by atoms with van der Waals surface area (Å²) in [4.78, 5) is 51.2. The minimum atomic E-state index is -0.791. The van der Waals surface area contributed by atoms with Crippen LogP contribution in [-0.4, -0.2) is 71.4 Å². The highest BCUT2D eigenvalue weighted by Gasteiger charge is 2.36. The molecule has 3 unspecified atom stereocenters. The molecule has 0 saturated carbocycles. The number of nitrogens with zero attached hydrogens (tertiary/aromatic N) is 1. The van der Waals surface area contributed by atoms with Crippen molar-refractivity contribution in [1.29, 1.82) is 0 Å². The summed E-state index contributed by atoms with van der Waals surface area (Å²) in [5.41, 5.74) is 1.77. The van der Waals surface area contributed by atoms with E-state index in [4.69, 9.17) is 0 Å². The first-order chi connectivity index (χ1) is 16.5. The van der Waals surface area contributed by atoms with Crippen molar-refractivity contribution in [2.24, 2.45) is 17.8 Å². The van der Waals surface area contributed by atoms with Gasteiger partial charge in [0.15, 0.2) is 5.78 Å². The predicted molar refractivity (Wildman–Crippen MR) is 141 cm³/mol. The van der Waals surface area contributed by atoms with E-state index >= 15 is 0 Å². The minimum absolute atomic E-state index is 0. The van der Waals surface area contributed by atoms with Crippen molar-refractivity contribution in [3.05, 3.63) is 17.2 Å². The Kier molecular flexibility index (Phi) is 12.2. The number of aromatic hydroxyl groups is 1. The number of anilines is 2. The first kappa shape index (κ1) is 31.2. The van der Waals surface area contributed by atoms with Gasteiger partial charge in [-0.15, -0.1) is 0 Å². The number of nitrogens with one attached hydrogen (secondary N) is 1. The molecule has 1 amide bonds. The average Bonchev–Trinajstić information content (AvgIpc) is 2.75. The molecule has 1 aromatic carbocycles. The molecule has 6 N–H and O–H groups in total. The van der Waals surface area contributed by atoms with E-state index in [0.29, 0.717) is 36.9 Å². The number of rotatable bonds is 13. The summed E-state index contributed by atoms with van der Waals surface area (Å²) in [5, 5.41) is 33.0. The lowest BCUT2D eigenvalue weighted by Gasteiger charge is -2.33. The number of fused-ring (bicyclic) bond motifs is 1. The third-order valence-electron chi connectivity index (χ3n) is 6.60. The summed E-state index contributed by atoms with van der Waals surface area (Å²) < 4.78 is 0. The summed E-state index contributed by atoms with van der Waals surface area (Å²) in [7, 11) is 3.63. The van der Waals surface area contributed by atoms with Crippen molar-refractivity contribution >= 4 is 34.6 Å². The Labute approximate surface area is 215 Å². The topological polar surface area (TPSA) is 176 Å². The number of Topliss-reactive ketones (excluding diaryl/α,β-unsaturated/α-hetero) is 3. The molecule has 1 aliphatic rings. The third kappa shape index (κ3) is 7.59. The van der Waals surface area contributed by atoms with Gasteiger partial charge in [0.05, 0.1) is 24.3 Å². The second-order valence-corrected chi connectivity index (χ2v) is 9.68. The van der Waals surface area contributed by atoms with E-state index in [-0.39, 0.29) is 86.3 Å². The quantitative estimate of drug-likeness (QED) is 0.229. The average molecular weight is 513 g/mol. The zero-order valence-electron chi connectivity index (χ0n) is 21.6. The van der Waals surface area contributed by atoms with Crippen LogP contribution in [0, 0.1) is 17.8 Å². The Morgan fingerprint density at radius 1 is 1.22 bits per heavy atom. The molecule has 0 heterocycles. The van der Waals surface area contributed by atoms with Gasteiger partial charge in [-0.05, 0) is 56.1 Å². The number of benzene rings is 1. The number of carbonyl (C=O) groups is 4. The number of hydrogen-bond donors (Lipinski definition) is 4. The Bertz CT molecular complexity index is 971. The molecule has 0 radical (unpaired) electrons. The van der Waals surface area contributed by atoms with Crippen LogP contribution in [0.4, 0.5) is 11.4 Å². The fourth-order valence-corrected chi connectivity index (χ4v) is 5.00. The highest BCUT2D eigenvalue weighted by Crippen LogP contribution is 2.44. The summed E-state index contributed by atoms with van der Waals surface area (Å²) >= 11 is 0. The molecule has 0 aromatic heterocycles. The van der Waals surface area contributed by atoms with Crippen LogP contribution in [-0.2, 0) is 20.8 Å². The summed E-state index contributed by atoms with van der Waals surface area (Å²) in [6.45, 7) is 2.58. The molecule has 36 heavy (non-hydrogen) atoms. The molecular weight excluding hydrogens is 468 g/mol. The number of ketones is 3. The predicted octanol–water partition coefficient (Wildman–Crippen LogP) is 2.15. The van der Waals surface area contributed by atoms with Gasteiger partial charge in [0, 0.05) is 48.0 Å². The fraction of sp³-hybridized carbons (Fsp3) is 0.615. The van der Waals surface area contributed by atoms with E-state index < -0.39 is 12.5 Å². The SMILES string of the molecule is CCCC(=O)Nc1cc(N(C)C)c2c(c1O)C(=O)CC(CC(CCO)C(CO)C(=O)CC(C)=O)C2.O.[HH].[HH]. The summed E-state index contributed by atoms with van der Waals surface area (Å²) in [6, 6.07) is 1.66. The highest BCUT2D eigenvalue weighted by molar-refractivity contribution is 6.06. The number of aliphatic hydroxyl groups excluding tert-OH is 2. The lowest BCUT2D eigenvalue weighted by Crippen LogP contribution is -2.33. The van der Waals surface area contributed by atoms with Crippen LogP contribution >= 0.6 is 0 Å². The van der Waals surface area contributed by atoms with Gasteiger partial charge in [-0.3, -0.25) is 19.2 Å². The first-order valence-electron chi connectivity index (χ1n) is 12.2. The van der Waals surface area contributed by atoms with Gasteiger partial charge in [0.2, 0.25) is 5.91 Å². The lowest BCUT2D eigenvalue weighted by atomic mass is 9.73. The van der Waals surface area contributed by atoms with Crippen molar-refractivity contribution in [3.8, 4) is 5.75 Å². The molecule has 2 rings (SSSR count). The Morgan fingerprint density at radius 3 is 2.42 bits per heavy atom. The Balaban J connectivity index is 0. The molecule has 10 nitrogen and oxygen atoms in total. The molecular formula is C26H44N2O8. The Hall–Kier alpha value is -2.82. The molecule has 0 saturated heterocycles. The van der Waals surface area contributed by atoms with E-state index in [1.807, 2.05) is 25.9 Å². The van der Waals surface area contributed by atoms with Crippen molar-refractivity contribution < 1.29 is 42.8 Å². The van der Waals surface area contributed by atoms with Crippen molar-refractivity contribution in [1.82, 2.24) is 0 Å². The number of carbonyl (C=O) groups excluding carboxylic acids is 4. The standard InChI is InChI=1S/C26H38N2O7.H2O.2H2/c1-5-6-24(34)27-20-13-21(28(3)4)18-11-16(12-23(33)25(18)26(20)35)10-17(7-8-29)19(14-30)22(32)9-15(2)31;;;/h13,16-17,19,29-30,35H,5-12,14H2,1-4H3,(H,27,34);1H2;2*1H. The second kappa shape index (κ2) is 14.1. The maximum atomic E-state index is 13.2. The van der Waals surface area contributed by atoms with Crippen molar-refractivity contribution in [2.45, 2.75) is 58.8 Å². The molecule has 0 spiro atoms. The second-order valence-electron chi connectivity index (χ2n) is 9.68. The van der Waals surface area contributed by atoms with E-state index in [0.717, 1.165) is 0 Å². The molecule has 1 aromatic rings. The third-order valence-corrected chi connectivity index (χ3v) is 6.60. The molecule has 1 aliphatic carbocycles. The van der Waals surface area contributed by atoms with E-state index in [2.05, 4.69) is 5.32 Å². The number of amides is 1. The van der Waals surface area contributed by atoms with Crippen LogP contribution < -0.4 is 10.2 Å². The van der Waals surface area contributed by atoms with Crippen LogP contribution in [0.5, 0.6) is 5.75 Å². The van der Waals surface area contributed by atoms with E-state index in [1.165, 1.54) is 6.92 Å². The zero-order valence-corrected chi connectivity index (χ0v) is 21.6. The molecule has 206 valence electrons. The van der Waals surface area contributed by atoms with Gasteiger partial charge < -0.3 is 31.0 Å². The van der Waals surface area contributed by atoms with Gasteiger partial charge in [0.1, 0.15) is 17.3 Å². The zero-order chi connectivity index (χ0) is 26.3. The van der Waals surface area contributed by atoms with E-state index in [1.54, 1.807) is 6.07 Å². The molecule has 0 aliphatic heterocycles. The number of hydrogen-bond acceptors (Lipinski definition) is 8. The van der Waals surface area contributed by atoms with Gasteiger partial charge >= 0.3 is 0 Å². The fourth-order valence-electron chi connectivity index (χ4n) is 5.00. The van der Waals surface area contributed by atoms with Crippen LogP contribution in [0.25, 0.3) is 0 Å². The van der Waals surface area contributed by atoms with Crippen molar-refractivity contribution in [3.63, 3.8) is 0 Å². The minimum Gasteiger partial charge on any atom is -0.505 e. The monoisotopic (exact) mass is 512 g/mol. The van der Waals surface area contributed by atoms with Crippen molar-refractivity contribution in [2.75, 3.05) is 37.5 Å². The van der Waals surface area contributed by atoms with Gasteiger partial charge in [-0.2, -0.15) is 0 Å². The smallest absolute Gasteiger partial charge is 0.224 e. The summed E-state index contributed by atoms with van der Waals surface area (Å²) in [6.07, 6.45) is 1.92. The van der Waals surface area contributed by atoms with E-state index in [9.17, 15) is 34.5 Å². The maximum absolute atomic E-state index is 13.2. The largest absolute Gasteiger partial charge is 0.505 e. The highest BCUT2D eigenvalue weighted by atomic mass is 16.3. The molecule has 3 atom stereocenters. The normalized spacial score (nSPS) is 16.4. The molecule has 0 fully saturated rings. The molecule has 0 bridgehead atoms. The van der Waals surface area contributed by atoms with Crippen LogP contribution in [0.15, 0.2) is 6.07 Å². The van der Waals surface area contributed by atoms with Gasteiger partial charge in [-0.25, -0.2) is 0 Å². The van der Waals surface area contributed by atoms with Gasteiger partial charge in [0.25, 0.3) is 0 Å². The maximum Gasteiger partial charge on any atom is 0.224 e. The number of phenolic OH excluding ortho intramolecular Hbond substituents is 1. The van der Waals surface area contributed by atoms with Crippen LogP contribution in [0.3, 0.4) is 0 Å². The lowest BCUT2D eigenvalue weighted by molar-refractivity contribution is -0.131. The molecule has 10 heteroatoms. The number of aliphatic hydroxyl groups is 2. The summed E-state index contributed by atoms with van der Waals surface area (Å²) in [5.74, 6) is -2.75. The van der Waals surface area contributed by atoms with Gasteiger partial charge in [-0.1, -0.05) is 6.92 Å². The number of phenols is 1.